The number of rotatable bonds is 3. The van der Waals surface area contributed by atoms with Gasteiger partial charge in [-0.05, 0) is 48.4 Å². The summed E-state index contributed by atoms with van der Waals surface area (Å²) in [5, 5.41) is 3.41. The molecule has 0 bridgehead atoms. The predicted octanol–water partition coefficient (Wildman–Crippen LogP) is 2.43. The van der Waals surface area contributed by atoms with E-state index in [1.165, 1.54) is 31.0 Å². The van der Waals surface area contributed by atoms with Gasteiger partial charge in [0.2, 0.25) is 0 Å². The molecule has 0 amide bonds. The van der Waals surface area contributed by atoms with E-state index in [1.54, 1.807) is 0 Å². The minimum atomic E-state index is -3.24. The molecule has 5 heteroatoms. The zero-order chi connectivity index (χ0) is 13.7. The van der Waals surface area contributed by atoms with Crippen LogP contribution in [0.3, 0.4) is 0 Å². The largest absolute Gasteiger partial charge is 0.309 e. The Morgan fingerprint density at radius 3 is 2.84 bits per heavy atom. The van der Waals surface area contributed by atoms with Gasteiger partial charge in [-0.3, -0.25) is 0 Å². The minimum absolute atomic E-state index is 0.0494. The van der Waals surface area contributed by atoms with Crippen LogP contribution in [0.15, 0.2) is 23.1 Å². The second-order valence-corrected chi connectivity index (χ2v) is 8.11. The molecule has 2 aliphatic rings. The number of benzene rings is 1. The van der Waals surface area contributed by atoms with Crippen LogP contribution in [0, 0.1) is 11.2 Å². The Hall–Kier alpha value is -0.940. The van der Waals surface area contributed by atoms with Crippen LogP contribution in [0.2, 0.25) is 0 Å². The van der Waals surface area contributed by atoms with E-state index in [9.17, 15) is 12.8 Å². The van der Waals surface area contributed by atoms with Crippen LogP contribution in [0.25, 0.3) is 0 Å². The van der Waals surface area contributed by atoms with Crippen molar-refractivity contribution in [1.82, 2.24) is 5.32 Å². The molecule has 1 saturated carbocycles. The molecular formula is C14H18FNO2S. The molecule has 1 heterocycles. The molecule has 0 aromatic heterocycles. The fourth-order valence-corrected chi connectivity index (χ4v) is 4.19. The fraction of sp³-hybridized carbons (Fsp3) is 0.571. The van der Waals surface area contributed by atoms with E-state index in [-0.39, 0.29) is 17.6 Å². The maximum absolute atomic E-state index is 13.4. The maximum Gasteiger partial charge on any atom is 0.178 e. The van der Waals surface area contributed by atoms with Crippen LogP contribution in [-0.2, 0) is 9.84 Å². The summed E-state index contributed by atoms with van der Waals surface area (Å²) >= 11 is 0. The SMILES string of the molecule is CC1(CNC2CCS(=O)(=O)c3ccc(F)cc32)CC1. The molecule has 1 atom stereocenters. The van der Waals surface area contributed by atoms with Gasteiger partial charge >= 0.3 is 0 Å². The first kappa shape index (κ1) is 13.1. The summed E-state index contributed by atoms with van der Waals surface area (Å²) in [7, 11) is -3.24. The highest BCUT2D eigenvalue weighted by Gasteiger charge is 2.38. The number of nitrogens with one attached hydrogen (secondary N) is 1. The van der Waals surface area contributed by atoms with Crippen LogP contribution in [0.4, 0.5) is 4.39 Å². The average Bonchev–Trinajstić information content (AvgIpc) is 3.06. The molecule has 3 rings (SSSR count). The first-order valence-corrected chi connectivity index (χ1v) is 8.31. The highest BCUT2D eigenvalue weighted by molar-refractivity contribution is 7.91. The molecule has 1 aliphatic heterocycles. The maximum atomic E-state index is 13.4. The van der Waals surface area contributed by atoms with Gasteiger partial charge in [0.05, 0.1) is 10.6 Å². The van der Waals surface area contributed by atoms with E-state index >= 15 is 0 Å². The minimum Gasteiger partial charge on any atom is -0.309 e. The fourth-order valence-electron chi connectivity index (χ4n) is 2.59. The molecule has 0 radical (unpaired) electrons. The van der Waals surface area contributed by atoms with Crippen molar-refractivity contribution in [1.29, 1.82) is 0 Å². The van der Waals surface area contributed by atoms with Crippen LogP contribution in [-0.4, -0.2) is 20.7 Å². The summed E-state index contributed by atoms with van der Waals surface area (Å²) in [4.78, 5) is 0.290. The van der Waals surface area contributed by atoms with Crippen LogP contribution in [0.1, 0.15) is 37.8 Å². The standard InChI is InChI=1S/C14H18FNO2S/c1-14(5-6-14)9-16-12-4-7-19(17,18)13-3-2-10(15)8-11(12)13/h2-3,8,12,16H,4-7,9H2,1H3. The lowest BCUT2D eigenvalue weighted by Crippen LogP contribution is -2.33. The van der Waals surface area contributed by atoms with Crippen molar-refractivity contribution in [2.45, 2.75) is 37.1 Å². The summed E-state index contributed by atoms with van der Waals surface area (Å²) in [5.74, 6) is -0.236. The van der Waals surface area contributed by atoms with E-state index in [2.05, 4.69) is 12.2 Å². The normalized spacial score (nSPS) is 26.7. The van der Waals surface area contributed by atoms with E-state index in [1.807, 2.05) is 0 Å². The van der Waals surface area contributed by atoms with Gasteiger partial charge < -0.3 is 5.32 Å². The Kier molecular flexibility index (Phi) is 2.94. The highest BCUT2D eigenvalue weighted by Crippen LogP contribution is 2.45. The van der Waals surface area contributed by atoms with Gasteiger partial charge in [0, 0.05) is 12.6 Å². The van der Waals surface area contributed by atoms with Crippen LogP contribution in [0.5, 0.6) is 0 Å². The molecule has 3 nitrogen and oxygen atoms in total. The summed E-state index contributed by atoms with van der Waals surface area (Å²) in [6.07, 6.45) is 2.94. The number of hydrogen-bond donors (Lipinski definition) is 1. The second kappa shape index (κ2) is 4.28. The van der Waals surface area contributed by atoms with Crippen molar-refractivity contribution in [3.63, 3.8) is 0 Å². The van der Waals surface area contributed by atoms with Gasteiger partial charge in [-0.1, -0.05) is 6.92 Å². The van der Waals surface area contributed by atoms with Crippen molar-refractivity contribution in [3.05, 3.63) is 29.6 Å². The summed E-state index contributed by atoms with van der Waals surface area (Å²) < 4.78 is 37.4. The van der Waals surface area contributed by atoms with Gasteiger partial charge in [0.1, 0.15) is 5.82 Å². The Balaban J connectivity index is 1.89. The monoisotopic (exact) mass is 283 g/mol. The Morgan fingerprint density at radius 2 is 2.16 bits per heavy atom. The number of hydrogen-bond acceptors (Lipinski definition) is 3. The topological polar surface area (TPSA) is 46.2 Å². The lowest BCUT2D eigenvalue weighted by molar-refractivity contribution is 0.422. The van der Waals surface area contributed by atoms with E-state index in [0.717, 1.165) is 6.54 Å². The smallest absolute Gasteiger partial charge is 0.178 e. The van der Waals surface area contributed by atoms with Crippen molar-refractivity contribution in [3.8, 4) is 0 Å². The summed E-state index contributed by atoms with van der Waals surface area (Å²) in [5.41, 5.74) is 0.944. The zero-order valence-corrected chi connectivity index (χ0v) is 11.8. The van der Waals surface area contributed by atoms with E-state index in [0.29, 0.717) is 22.3 Å². The molecule has 1 N–H and O–H groups in total. The third kappa shape index (κ3) is 2.54. The molecular weight excluding hydrogens is 265 g/mol. The molecule has 0 spiro atoms. The third-order valence-electron chi connectivity index (χ3n) is 4.24. The summed E-state index contributed by atoms with van der Waals surface area (Å²) in [6, 6.07) is 3.93. The number of sulfone groups is 1. The van der Waals surface area contributed by atoms with Crippen molar-refractivity contribution < 1.29 is 12.8 Å². The van der Waals surface area contributed by atoms with Crippen LogP contribution >= 0.6 is 0 Å². The predicted molar refractivity (Wildman–Crippen MR) is 71.2 cm³/mol. The Bertz CT molecular complexity index is 608. The third-order valence-corrected chi connectivity index (χ3v) is 6.05. The molecule has 104 valence electrons. The molecule has 1 unspecified atom stereocenters. The first-order valence-electron chi connectivity index (χ1n) is 6.65. The molecule has 1 aliphatic carbocycles. The van der Waals surface area contributed by atoms with Gasteiger partial charge in [0.25, 0.3) is 0 Å². The van der Waals surface area contributed by atoms with Gasteiger partial charge in [0.15, 0.2) is 9.84 Å². The van der Waals surface area contributed by atoms with Crippen molar-refractivity contribution in [2.24, 2.45) is 5.41 Å². The van der Waals surface area contributed by atoms with Crippen molar-refractivity contribution in [2.75, 3.05) is 12.3 Å². The number of fused-ring (bicyclic) bond motifs is 1. The van der Waals surface area contributed by atoms with Crippen LogP contribution < -0.4 is 5.32 Å². The first-order chi connectivity index (χ1) is 8.90. The molecule has 1 aromatic rings. The van der Waals surface area contributed by atoms with E-state index < -0.39 is 9.84 Å². The quantitative estimate of drug-likeness (QED) is 0.867. The molecule has 19 heavy (non-hydrogen) atoms. The highest BCUT2D eigenvalue weighted by atomic mass is 32.2. The Morgan fingerprint density at radius 1 is 1.42 bits per heavy atom. The zero-order valence-electron chi connectivity index (χ0n) is 10.9. The van der Waals surface area contributed by atoms with Gasteiger partial charge in [-0.15, -0.1) is 0 Å². The lowest BCUT2D eigenvalue weighted by atomic mass is 10.0. The van der Waals surface area contributed by atoms with E-state index in [4.69, 9.17) is 0 Å². The van der Waals surface area contributed by atoms with Gasteiger partial charge in [-0.25, -0.2) is 12.8 Å². The molecule has 0 saturated heterocycles. The van der Waals surface area contributed by atoms with Gasteiger partial charge in [-0.2, -0.15) is 0 Å². The molecule has 1 fully saturated rings. The lowest BCUT2D eigenvalue weighted by Gasteiger charge is -2.27. The summed E-state index contributed by atoms with van der Waals surface area (Å²) in [6.45, 7) is 3.08. The average molecular weight is 283 g/mol. The second-order valence-electron chi connectivity index (χ2n) is 6.03. The Labute approximate surface area is 113 Å². The molecule has 1 aromatic carbocycles. The van der Waals surface area contributed by atoms with Crippen molar-refractivity contribution >= 4 is 9.84 Å². The number of halogens is 1.